The van der Waals surface area contributed by atoms with Crippen LogP contribution in [0, 0.1) is 11.0 Å². The number of anilines is 1. The van der Waals surface area contributed by atoms with Crippen LogP contribution in [0.25, 0.3) is 0 Å². The molecule has 0 aromatic heterocycles. The third-order valence-corrected chi connectivity index (χ3v) is 1.82. The first kappa shape index (κ1) is 12.9. The molecule has 8 heteroatoms. The van der Waals surface area contributed by atoms with Gasteiger partial charge in [0, 0.05) is 12.6 Å². The lowest BCUT2D eigenvalue weighted by atomic mass is 10.2. The summed E-state index contributed by atoms with van der Waals surface area (Å²) < 4.78 is 13.3. The Bertz CT molecular complexity index is 447. The van der Waals surface area contributed by atoms with Crippen LogP contribution < -0.4 is 16.4 Å². The standard InChI is InChI=1S/C9H11FN5O2/c1-12-9(11)14-13-5-6-4-7(15(16)17)2-3-8(6)10/h2-5,16H,1H3,(H3,11,12,14)/q-1/b13-5+. The van der Waals surface area contributed by atoms with Gasteiger partial charge in [0.05, 0.1) is 11.9 Å². The van der Waals surface area contributed by atoms with Gasteiger partial charge in [0.15, 0.2) is 0 Å². The highest BCUT2D eigenvalue weighted by Crippen LogP contribution is 2.15. The van der Waals surface area contributed by atoms with Gasteiger partial charge in [0.25, 0.3) is 0 Å². The second kappa shape index (κ2) is 5.77. The summed E-state index contributed by atoms with van der Waals surface area (Å²) in [6.07, 6.45) is 1.11. The predicted molar refractivity (Wildman–Crippen MR) is 62.3 cm³/mol. The number of benzene rings is 1. The van der Waals surface area contributed by atoms with Crippen LogP contribution in [-0.4, -0.2) is 24.4 Å². The van der Waals surface area contributed by atoms with E-state index >= 15 is 0 Å². The van der Waals surface area contributed by atoms with Gasteiger partial charge in [-0.15, -0.1) is 0 Å². The Morgan fingerprint density at radius 3 is 2.94 bits per heavy atom. The fourth-order valence-corrected chi connectivity index (χ4v) is 0.967. The predicted octanol–water partition coefficient (Wildman–Crippen LogP) is 0.387. The molecule has 1 aromatic carbocycles. The Morgan fingerprint density at radius 2 is 2.35 bits per heavy atom. The summed E-state index contributed by atoms with van der Waals surface area (Å²) in [7, 11) is 1.46. The molecule has 0 atom stereocenters. The van der Waals surface area contributed by atoms with Crippen molar-refractivity contribution in [3.63, 3.8) is 0 Å². The molecule has 0 unspecified atom stereocenters. The topological polar surface area (TPSA) is 109 Å². The van der Waals surface area contributed by atoms with Crippen molar-refractivity contribution < 1.29 is 9.60 Å². The number of nitrogens with one attached hydrogen (secondary N) is 1. The van der Waals surface area contributed by atoms with Gasteiger partial charge >= 0.3 is 0 Å². The van der Waals surface area contributed by atoms with Crippen molar-refractivity contribution in [1.82, 2.24) is 5.43 Å². The van der Waals surface area contributed by atoms with Crippen molar-refractivity contribution in [2.45, 2.75) is 0 Å². The lowest BCUT2D eigenvalue weighted by Gasteiger charge is -2.21. The van der Waals surface area contributed by atoms with Crippen molar-refractivity contribution >= 4 is 17.9 Å². The first-order chi connectivity index (χ1) is 8.04. The number of hydrogen-bond donors (Lipinski definition) is 3. The van der Waals surface area contributed by atoms with E-state index < -0.39 is 5.82 Å². The van der Waals surface area contributed by atoms with E-state index in [1.54, 1.807) is 0 Å². The molecule has 0 saturated carbocycles. The van der Waals surface area contributed by atoms with Crippen LogP contribution in [0.4, 0.5) is 10.1 Å². The molecular weight excluding hydrogens is 229 g/mol. The van der Waals surface area contributed by atoms with E-state index in [0.717, 1.165) is 24.4 Å². The first-order valence-corrected chi connectivity index (χ1v) is 4.51. The summed E-state index contributed by atoms with van der Waals surface area (Å²) in [6.45, 7) is 0. The maximum absolute atomic E-state index is 13.3. The fourth-order valence-electron chi connectivity index (χ4n) is 0.967. The maximum atomic E-state index is 13.3. The van der Waals surface area contributed by atoms with Gasteiger partial charge in [-0.2, -0.15) is 5.10 Å². The van der Waals surface area contributed by atoms with E-state index in [2.05, 4.69) is 15.5 Å². The lowest BCUT2D eigenvalue weighted by molar-refractivity contribution is 0.296. The Morgan fingerprint density at radius 1 is 1.65 bits per heavy atom. The van der Waals surface area contributed by atoms with Crippen molar-refractivity contribution in [2.24, 2.45) is 15.8 Å². The van der Waals surface area contributed by atoms with Gasteiger partial charge in [0.1, 0.15) is 5.82 Å². The molecule has 0 aliphatic rings. The van der Waals surface area contributed by atoms with Gasteiger partial charge in [-0.3, -0.25) is 10.2 Å². The average Bonchev–Trinajstić information content (AvgIpc) is 2.30. The number of hydrogen-bond acceptors (Lipinski definition) is 5. The van der Waals surface area contributed by atoms with Crippen LogP contribution >= 0.6 is 0 Å². The van der Waals surface area contributed by atoms with E-state index in [4.69, 9.17) is 10.9 Å². The van der Waals surface area contributed by atoms with Crippen molar-refractivity contribution in [2.75, 3.05) is 12.3 Å². The van der Waals surface area contributed by atoms with E-state index in [9.17, 15) is 9.60 Å². The van der Waals surface area contributed by atoms with Crippen LogP contribution in [0.5, 0.6) is 0 Å². The Kier molecular flexibility index (Phi) is 4.37. The smallest absolute Gasteiger partial charge is 0.209 e. The summed E-state index contributed by atoms with van der Waals surface area (Å²) >= 11 is 0. The molecule has 0 aliphatic carbocycles. The molecule has 1 rings (SSSR count). The summed E-state index contributed by atoms with van der Waals surface area (Å²) in [5.74, 6) is -0.529. The Balaban J connectivity index is 2.86. The van der Waals surface area contributed by atoms with Crippen LogP contribution in [0.3, 0.4) is 0 Å². The SMILES string of the molecule is CN=C(N)N/N=C/c1cc(N([O-])O)ccc1F. The number of halogens is 1. The van der Waals surface area contributed by atoms with Gasteiger partial charge in [-0.25, -0.2) is 9.82 Å². The van der Waals surface area contributed by atoms with Gasteiger partial charge in [-0.05, 0) is 18.2 Å². The van der Waals surface area contributed by atoms with Gasteiger partial charge in [0.2, 0.25) is 5.96 Å². The molecule has 0 amide bonds. The highest BCUT2D eigenvalue weighted by molar-refractivity contribution is 5.84. The number of nitrogens with zero attached hydrogens (tertiary/aromatic N) is 3. The van der Waals surface area contributed by atoms with Crippen molar-refractivity contribution in [3.8, 4) is 0 Å². The summed E-state index contributed by atoms with van der Waals surface area (Å²) in [6, 6.07) is 3.30. The minimum Gasteiger partial charge on any atom is -0.733 e. The van der Waals surface area contributed by atoms with E-state index in [1.807, 2.05) is 0 Å². The normalized spacial score (nSPS) is 11.9. The molecule has 0 radical (unpaired) electrons. The number of hydrazone groups is 1. The van der Waals surface area contributed by atoms with E-state index in [1.165, 1.54) is 7.05 Å². The second-order valence-electron chi connectivity index (χ2n) is 2.96. The highest BCUT2D eigenvalue weighted by Gasteiger charge is 2.01. The molecule has 92 valence electrons. The largest absolute Gasteiger partial charge is 0.733 e. The zero-order valence-electron chi connectivity index (χ0n) is 8.96. The average molecular weight is 240 g/mol. The molecular formula is C9H11FN5O2-. The fraction of sp³-hybridized carbons (Fsp3) is 0.111. The summed E-state index contributed by atoms with van der Waals surface area (Å²) in [5, 5.41) is 22.5. The van der Waals surface area contributed by atoms with Crippen molar-refractivity contribution in [1.29, 1.82) is 0 Å². The van der Waals surface area contributed by atoms with Crippen LogP contribution in [0.1, 0.15) is 5.56 Å². The molecule has 7 nitrogen and oxygen atoms in total. The van der Waals surface area contributed by atoms with E-state index in [-0.39, 0.29) is 22.4 Å². The summed E-state index contributed by atoms with van der Waals surface area (Å²) in [4.78, 5) is 3.57. The molecule has 17 heavy (non-hydrogen) atoms. The molecule has 0 spiro atoms. The molecule has 4 N–H and O–H groups in total. The van der Waals surface area contributed by atoms with Crippen LogP contribution in [0.2, 0.25) is 0 Å². The zero-order chi connectivity index (χ0) is 12.8. The Labute approximate surface area is 96.6 Å². The quantitative estimate of drug-likeness (QED) is 0.402. The minimum absolute atomic E-state index is 0.0220. The van der Waals surface area contributed by atoms with Crippen LogP contribution in [0.15, 0.2) is 28.3 Å². The van der Waals surface area contributed by atoms with Gasteiger partial charge in [-0.1, -0.05) is 0 Å². The number of nitrogens with two attached hydrogens (primary N) is 1. The molecule has 0 bridgehead atoms. The Hall–Kier alpha value is -2.19. The van der Waals surface area contributed by atoms with E-state index in [0.29, 0.717) is 0 Å². The van der Waals surface area contributed by atoms with Crippen LogP contribution in [-0.2, 0) is 0 Å². The monoisotopic (exact) mass is 240 g/mol. The second-order valence-corrected chi connectivity index (χ2v) is 2.96. The molecule has 1 aromatic rings. The molecule has 0 saturated heterocycles. The zero-order valence-corrected chi connectivity index (χ0v) is 8.96. The highest BCUT2D eigenvalue weighted by atomic mass is 19.1. The van der Waals surface area contributed by atoms with Crippen molar-refractivity contribution in [3.05, 3.63) is 34.8 Å². The first-order valence-electron chi connectivity index (χ1n) is 4.51. The maximum Gasteiger partial charge on any atom is 0.209 e. The third-order valence-electron chi connectivity index (χ3n) is 1.82. The minimum atomic E-state index is -0.590. The molecule has 0 heterocycles. The summed E-state index contributed by atoms with van der Waals surface area (Å²) in [5.41, 5.74) is 7.53. The third kappa shape index (κ3) is 3.70. The number of rotatable bonds is 3. The molecule has 0 fully saturated rings. The number of guanidine groups is 1. The molecule has 0 aliphatic heterocycles. The lowest BCUT2D eigenvalue weighted by Crippen LogP contribution is -2.26. The van der Waals surface area contributed by atoms with Gasteiger partial charge < -0.3 is 16.2 Å². The number of aliphatic imine (C=N–C) groups is 1.